The van der Waals surface area contributed by atoms with Crippen LogP contribution < -0.4 is 0 Å². The van der Waals surface area contributed by atoms with Crippen LogP contribution >= 0.6 is 0 Å². The normalized spacial score (nSPS) is 12.9. The fourth-order valence-corrected chi connectivity index (χ4v) is 5.71. The molecule has 0 unspecified atom stereocenters. The van der Waals surface area contributed by atoms with Crippen LogP contribution in [0.4, 0.5) is 0 Å². The van der Waals surface area contributed by atoms with E-state index in [9.17, 15) is 0 Å². The fraction of sp³-hybridized carbons (Fsp3) is 0. The minimum atomic E-state index is 1.23. The molecular weight excluding hydrogens is 456 g/mol. The van der Waals surface area contributed by atoms with E-state index in [-0.39, 0.29) is 0 Å². The molecule has 38 heavy (non-hydrogen) atoms. The molecule has 178 valence electrons. The molecule has 2 aliphatic carbocycles. The smallest absolute Gasteiger partial charge is 0.00326 e. The third-order valence-corrected chi connectivity index (χ3v) is 7.45. The lowest BCUT2D eigenvalue weighted by molar-refractivity contribution is 1.51. The molecule has 0 radical (unpaired) electrons. The molecule has 0 spiro atoms. The molecule has 0 bridgehead atoms. The van der Waals surface area contributed by atoms with Crippen LogP contribution in [-0.4, -0.2) is 0 Å². The second kappa shape index (κ2) is 9.50. The van der Waals surface area contributed by atoms with Crippen molar-refractivity contribution in [1.29, 1.82) is 0 Å². The van der Waals surface area contributed by atoms with Crippen LogP contribution in [0.5, 0.6) is 0 Å². The van der Waals surface area contributed by atoms with Crippen molar-refractivity contribution in [3.8, 4) is 0 Å². The molecule has 0 atom stereocenters. The van der Waals surface area contributed by atoms with Crippen molar-refractivity contribution in [2.24, 2.45) is 0 Å². The molecule has 5 aromatic rings. The van der Waals surface area contributed by atoms with E-state index in [4.69, 9.17) is 0 Å². The van der Waals surface area contributed by atoms with Gasteiger partial charge in [0.05, 0.1) is 0 Å². The summed E-state index contributed by atoms with van der Waals surface area (Å²) < 4.78 is 0. The Hall–Kier alpha value is -4.94. The van der Waals surface area contributed by atoms with E-state index in [0.29, 0.717) is 0 Å². The van der Waals surface area contributed by atoms with E-state index in [2.05, 4.69) is 158 Å². The highest BCUT2D eigenvalue weighted by molar-refractivity contribution is 6.11. The van der Waals surface area contributed by atoms with Crippen molar-refractivity contribution in [3.63, 3.8) is 0 Å². The number of fused-ring (bicyclic) bond motifs is 2. The maximum absolute atomic E-state index is 2.38. The van der Waals surface area contributed by atoms with Gasteiger partial charge in [0.2, 0.25) is 0 Å². The molecule has 0 heterocycles. The number of hydrogen-bond donors (Lipinski definition) is 0. The van der Waals surface area contributed by atoms with Gasteiger partial charge in [0, 0.05) is 0 Å². The van der Waals surface area contributed by atoms with Crippen molar-refractivity contribution >= 4 is 34.4 Å². The lowest BCUT2D eigenvalue weighted by Gasteiger charge is -2.16. The summed E-state index contributed by atoms with van der Waals surface area (Å²) in [7, 11) is 0. The molecule has 0 saturated carbocycles. The topological polar surface area (TPSA) is 0 Å². The molecule has 2 aliphatic rings. The molecule has 0 aliphatic heterocycles. The van der Waals surface area contributed by atoms with Gasteiger partial charge in [-0.05, 0) is 78.9 Å². The van der Waals surface area contributed by atoms with Crippen LogP contribution in [0.1, 0.15) is 44.5 Å². The van der Waals surface area contributed by atoms with E-state index < -0.39 is 0 Å². The van der Waals surface area contributed by atoms with Gasteiger partial charge in [0.25, 0.3) is 0 Å². The van der Waals surface area contributed by atoms with Gasteiger partial charge in [-0.2, -0.15) is 0 Å². The Morgan fingerprint density at radius 2 is 0.605 bits per heavy atom. The molecule has 7 rings (SSSR count). The zero-order valence-corrected chi connectivity index (χ0v) is 21.0. The van der Waals surface area contributed by atoms with Gasteiger partial charge in [0.1, 0.15) is 0 Å². The lowest BCUT2D eigenvalue weighted by Crippen LogP contribution is -1.96. The van der Waals surface area contributed by atoms with Crippen molar-refractivity contribution in [2.75, 3.05) is 0 Å². The minimum absolute atomic E-state index is 1.23. The number of allylic oxidation sites excluding steroid dienone is 4. The standard InChI is InChI=1S/C38H26/c1-5-13-27(14-6-1)37(28-15-7-2-8-16-28)33-23-21-31-26-36-32(25-35(31)33)22-24-34(36)38(29-17-9-3-10-18-29)30-19-11-4-12-20-30/h1-26H. The second-order valence-corrected chi connectivity index (χ2v) is 9.73. The van der Waals surface area contributed by atoms with Gasteiger partial charge >= 0.3 is 0 Å². The lowest BCUT2D eigenvalue weighted by atomic mass is 9.87. The summed E-state index contributed by atoms with van der Waals surface area (Å²) in [4.78, 5) is 0. The third-order valence-electron chi connectivity index (χ3n) is 7.45. The van der Waals surface area contributed by atoms with E-state index in [1.165, 1.54) is 66.8 Å². The Kier molecular flexibility index (Phi) is 5.57. The van der Waals surface area contributed by atoms with Gasteiger partial charge in [-0.15, -0.1) is 0 Å². The molecule has 0 N–H and O–H groups in total. The van der Waals surface area contributed by atoms with Gasteiger partial charge in [-0.1, -0.05) is 146 Å². The average Bonchev–Trinajstić information content (AvgIpc) is 3.58. The Labute approximate surface area is 224 Å². The maximum atomic E-state index is 2.38. The first-order valence-electron chi connectivity index (χ1n) is 13.1. The van der Waals surface area contributed by atoms with Crippen molar-refractivity contribution in [3.05, 3.63) is 190 Å². The first-order valence-corrected chi connectivity index (χ1v) is 13.1. The van der Waals surface area contributed by atoms with Gasteiger partial charge in [-0.25, -0.2) is 0 Å². The predicted octanol–water partition coefficient (Wildman–Crippen LogP) is 9.66. The first kappa shape index (κ1) is 22.3. The SMILES string of the molecule is C1=Cc2cc3c(cc2C1=C(c1ccccc1)c1ccccc1)C=CC3=C(c1ccccc1)c1ccccc1. The summed E-state index contributed by atoms with van der Waals surface area (Å²) in [6.07, 6.45) is 9.13. The van der Waals surface area contributed by atoms with E-state index in [1.54, 1.807) is 0 Å². The highest BCUT2D eigenvalue weighted by Crippen LogP contribution is 2.44. The highest BCUT2D eigenvalue weighted by atomic mass is 14.3. The minimum Gasteiger partial charge on any atom is -0.0622 e. The fourth-order valence-electron chi connectivity index (χ4n) is 5.71. The maximum Gasteiger partial charge on any atom is -0.00326 e. The largest absolute Gasteiger partial charge is 0.0622 e. The molecule has 0 amide bonds. The molecule has 5 aromatic carbocycles. The van der Waals surface area contributed by atoms with Crippen molar-refractivity contribution < 1.29 is 0 Å². The summed E-state index contributed by atoms with van der Waals surface area (Å²) in [5.41, 5.74) is 15.1. The number of rotatable bonds is 4. The van der Waals surface area contributed by atoms with Crippen LogP contribution in [-0.2, 0) is 0 Å². The molecule has 0 nitrogen and oxygen atoms in total. The predicted molar refractivity (Wildman–Crippen MR) is 162 cm³/mol. The van der Waals surface area contributed by atoms with Gasteiger partial charge < -0.3 is 0 Å². The zero-order chi connectivity index (χ0) is 25.3. The van der Waals surface area contributed by atoms with Crippen LogP contribution in [0.3, 0.4) is 0 Å². The monoisotopic (exact) mass is 482 g/mol. The van der Waals surface area contributed by atoms with Crippen LogP contribution in [0, 0.1) is 0 Å². The van der Waals surface area contributed by atoms with Crippen molar-refractivity contribution in [1.82, 2.24) is 0 Å². The van der Waals surface area contributed by atoms with Crippen LogP contribution in [0.25, 0.3) is 34.4 Å². The highest BCUT2D eigenvalue weighted by Gasteiger charge is 2.23. The summed E-state index contributed by atoms with van der Waals surface area (Å²) in [6.45, 7) is 0. The average molecular weight is 483 g/mol. The Morgan fingerprint density at radius 3 is 0.895 bits per heavy atom. The summed E-state index contributed by atoms with van der Waals surface area (Å²) >= 11 is 0. The first-order chi connectivity index (χ1) is 18.9. The quantitative estimate of drug-likeness (QED) is 0.239. The van der Waals surface area contributed by atoms with Crippen molar-refractivity contribution in [2.45, 2.75) is 0 Å². The van der Waals surface area contributed by atoms with Crippen LogP contribution in [0.2, 0.25) is 0 Å². The summed E-state index contributed by atoms with van der Waals surface area (Å²) in [5, 5.41) is 0. The van der Waals surface area contributed by atoms with Gasteiger partial charge in [-0.3, -0.25) is 0 Å². The van der Waals surface area contributed by atoms with E-state index in [0.717, 1.165) is 0 Å². The van der Waals surface area contributed by atoms with Gasteiger partial charge in [0.15, 0.2) is 0 Å². The van der Waals surface area contributed by atoms with E-state index >= 15 is 0 Å². The second-order valence-electron chi connectivity index (χ2n) is 9.73. The summed E-state index contributed by atoms with van der Waals surface area (Å²) in [6, 6.07) is 47.7. The number of hydrogen-bond acceptors (Lipinski definition) is 0. The molecule has 0 saturated heterocycles. The molecular formula is C38H26. The molecule has 0 fully saturated rings. The number of benzene rings is 5. The Bertz CT molecular complexity index is 1530. The zero-order valence-electron chi connectivity index (χ0n) is 21.0. The Morgan fingerprint density at radius 1 is 0.316 bits per heavy atom. The molecule has 0 aromatic heterocycles. The molecule has 0 heteroatoms. The summed E-state index contributed by atoms with van der Waals surface area (Å²) in [5.74, 6) is 0. The van der Waals surface area contributed by atoms with E-state index in [1.807, 2.05) is 0 Å². The Balaban J connectivity index is 1.43. The third kappa shape index (κ3) is 3.88. The van der Waals surface area contributed by atoms with Crippen LogP contribution in [0.15, 0.2) is 146 Å².